The normalized spacial score (nSPS) is 20.8. The summed E-state index contributed by atoms with van der Waals surface area (Å²) in [4.78, 5) is 26.1. The molecule has 1 saturated heterocycles. The van der Waals surface area contributed by atoms with Gasteiger partial charge in [-0.05, 0) is 57.9 Å². The Labute approximate surface area is 142 Å². The molecule has 1 aliphatic heterocycles. The number of aliphatic hydroxyl groups is 1. The molecule has 24 heavy (non-hydrogen) atoms. The van der Waals surface area contributed by atoms with Crippen LogP contribution in [0.2, 0.25) is 0 Å². The summed E-state index contributed by atoms with van der Waals surface area (Å²) in [7, 11) is 0. The van der Waals surface area contributed by atoms with Gasteiger partial charge < -0.3 is 15.2 Å². The molecule has 2 rings (SSSR count). The number of likely N-dealkylation sites (tertiary alicyclic amines) is 1. The van der Waals surface area contributed by atoms with Gasteiger partial charge in [-0.2, -0.15) is 0 Å². The lowest BCUT2D eigenvalue weighted by molar-refractivity contribution is -0.120. The molecule has 0 bridgehead atoms. The van der Waals surface area contributed by atoms with Gasteiger partial charge in [0.2, 0.25) is 5.91 Å². The minimum atomic E-state index is -0.739. The molecular formula is C18H26N2O4. The number of benzene rings is 1. The van der Waals surface area contributed by atoms with Crippen LogP contribution in [-0.4, -0.2) is 46.3 Å². The van der Waals surface area contributed by atoms with Crippen molar-refractivity contribution in [2.45, 2.75) is 58.8 Å². The monoisotopic (exact) mass is 334 g/mol. The number of rotatable bonds is 2. The first-order chi connectivity index (χ1) is 11.1. The molecule has 6 heteroatoms. The Hall–Kier alpha value is -2.08. The fourth-order valence-electron chi connectivity index (χ4n) is 2.63. The van der Waals surface area contributed by atoms with E-state index in [2.05, 4.69) is 5.32 Å². The van der Waals surface area contributed by atoms with Crippen LogP contribution in [0.4, 0.5) is 10.5 Å². The average Bonchev–Trinajstić information content (AvgIpc) is 2.83. The van der Waals surface area contributed by atoms with Crippen molar-refractivity contribution < 1.29 is 19.4 Å². The maximum atomic E-state index is 12.6. The Morgan fingerprint density at radius 1 is 1.25 bits per heavy atom. The molecular weight excluding hydrogens is 308 g/mol. The van der Waals surface area contributed by atoms with Gasteiger partial charge in [0.25, 0.3) is 0 Å². The lowest BCUT2D eigenvalue weighted by Crippen LogP contribution is -2.45. The second-order valence-corrected chi connectivity index (χ2v) is 7.33. The largest absolute Gasteiger partial charge is 0.444 e. The maximum absolute atomic E-state index is 12.6. The van der Waals surface area contributed by atoms with E-state index in [0.29, 0.717) is 5.69 Å². The predicted octanol–water partition coefficient (Wildman–Crippen LogP) is 2.61. The molecule has 0 unspecified atom stereocenters. The van der Waals surface area contributed by atoms with E-state index in [-0.39, 0.29) is 18.9 Å². The zero-order chi connectivity index (χ0) is 18.1. The summed E-state index contributed by atoms with van der Waals surface area (Å²) in [5.41, 5.74) is 2.23. The van der Waals surface area contributed by atoms with Gasteiger partial charge in [-0.1, -0.05) is 6.07 Å². The maximum Gasteiger partial charge on any atom is 0.411 e. The number of ether oxygens (including phenoxy) is 1. The molecule has 1 heterocycles. The van der Waals surface area contributed by atoms with Gasteiger partial charge in [0.15, 0.2) is 0 Å². The van der Waals surface area contributed by atoms with Crippen LogP contribution in [-0.2, 0) is 9.53 Å². The summed E-state index contributed by atoms with van der Waals surface area (Å²) in [5, 5.41) is 12.7. The minimum absolute atomic E-state index is 0.0971. The lowest BCUT2D eigenvalue weighted by atomic mass is 10.1. The van der Waals surface area contributed by atoms with Gasteiger partial charge in [-0.25, -0.2) is 4.79 Å². The van der Waals surface area contributed by atoms with Gasteiger partial charge in [-0.3, -0.25) is 9.69 Å². The summed E-state index contributed by atoms with van der Waals surface area (Å²) in [6.45, 7) is 9.36. The summed E-state index contributed by atoms with van der Waals surface area (Å²) in [6, 6.07) is 4.90. The van der Waals surface area contributed by atoms with E-state index in [1.807, 2.05) is 32.0 Å². The number of hydrogen-bond acceptors (Lipinski definition) is 4. The van der Waals surface area contributed by atoms with Crippen molar-refractivity contribution in [1.82, 2.24) is 4.90 Å². The fraction of sp³-hybridized carbons (Fsp3) is 0.556. The summed E-state index contributed by atoms with van der Waals surface area (Å²) < 4.78 is 5.33. The van der Waals surface area contributed by atoms with Crippen molar-refractivity contribution in [3.05, 3.63) is 29.3 Å². The molecule has 1 aliphatic rings. The van der Waals surface area contributed by atoms with Gasteiger partial charge in [-0.15, -0.1) is 0 Å². The zero-order valence-corrected chi connectivity index (χ0v) is 14.9. The number of nitrogens with zero attached hydrogens (tertiary/aromatic N) is 1. The van der Waals surface area contributed by atoms with Crippen LogP contribution in [0, 0.1) is 13.8 Å². The standard InChI is InChI=1S/C18H26N2O4/c1-11-6-7-13(8-12(11)2)19-16(22)15-9-14(21)10-20(15)17(23)24-18(3,4)5/h6-8,14-15,21H,9-10H2,1-5H3,(H,19,22)/t14-,15+/m0/s1. The van der Waals surface area contributed by atoms with E-state index < -0.39 is 23.8 Å². The van der Waals surface area contributed by atoms with Gasteiger partial charge in [0.1, 0.15) is 11.6 Å². The highest BCUT2D eigenvalue weighted by atomic mass is 16.6. The van der Waals surface area contributed by atoms with Gasteiger partial charge >= 0.3 is 6.09 Å². The Morgan fingerprint density at radius 3 is 2.50 bits per heavy atom. The summed E-state index contributed by atoms with van der Waals surface area (Å²) in [6.07, 6.45) is -1.11. The number of β-amino-alcohol motifs (C(OH)–C–C–N with tert-alkyl or cyclic N) is 1. The molecule has 1 fully saturated rings. The molecule has 0 aromatic heterocycles. The molecule has 132 valence electrons. The molecule has 2 amide bonds. The highest BCUT2D eigenvalue weighted by Crippen LogP contribution is 2.23. The first-order valence-corrected chi connectivity index (χ1v) is 8.12. The number of amides is 2. The lowest BCUT2D eigenvalue weighted by Gasteiger charge is -2.27. The average molecular weight is 334 g/mol. The van der Waals surface area contributed by atoms with Crippen LogP contribution in [0.5, 0.6) is 0 Å². The number of aliphatic hydroxyl groups excluding tert-OH is 1. The summed E-state index contributed by atoms with van der Waals surface area (Å²) in [5.74, 6) is -0.319. The van der Waals surface area contributed by atoms with Crippen molar-refractivity contribution in [2.24, 2.45) is 0 Å². The van der Waals surface area contributed by atoms with Crippen LogP contribution in [0.3, 0.4) is 0 Å². The fourth-order valence-corrected chi connectivity index (χ4v) is 2.63. The Morgan fingerprint density at radius 2 is 1.92 bits per heavy atom. The third-order valence-electron chi connectivity index (χ3n) is 3.98. The second kappa shape index (κ2) is 6.81. The first-order valence-electron chi connectivity index (χ1n) is 8.12. The van der Waals surface area contributed by atoms with E-state index in [4.69, 9.17) is 4.74 Å². The second-order valence-electron chi connectivity index (χ2n) is 7.33. The first kappa shape index (κ1) is 18.3. The molecule has 1 aromatic carbocycles. The quantitative estimate of drug-likeness (QED) is 0.871. The third kappa shape index (κ3) is 4.47. The van der Waals surface area contributed by atoms with Crippen LogP contribution in [0.1, 0.15) is 38.3 Å². The van der Waals surface area contributed by atoms with Crippen LogP contribution in [0.15, 0.2) is 18.2 Å². The number of anilines is 1. The molecule has 0 aliphatic carbocycles. The number of carbonyl (C=O) groups excluding carboxylic acids is 2. The van der Waals surface area contributed by atoms with E-state index in [0.717, 1.165) is 11.1 Å². The van der Waals surface area contributed by atoms with Crippen LogP contribution >= 0.6 is 0 Å². The highest BCUT2D eigenvalue weighted by molar-refractivity contribution is 5.97. The van der Waals surface area contributed by atoms with E-state index in [1.54, 1.807) is 20.8 Å². The Kier molecular flexibility index (Phi) is 5.18. The van der Waals surface area contributed by atoms with E-state index in [9.17, 15) is 14.7 Å². The third-order valence-corrected chi connectivity index (χ3v) is 3.98. The number of hydrogen-bond donors (Lipinski definition) is 2. The van der Waals surface area contributed by atoms with Crippen LogP contribution in [0.25, 0.3) is 0 Å². The van der Waals surface area contributed by atoms with Gasteiger partial charge in [0.05, 0.1) is 12.6 Å². The van der Waals surface area contributed by atoms with E-state index >= 15 is 0 Å². The SMILES string of the molecule is Cc1ccc(NC(=O)[C@H]2C[C@H](O)CN2C(=O)OC(C)(C)C)cc1C. The van der Waals surface area contributed by atoms with Crippen LogP contribution < -0.4 is 5.32 Å². The number of nitrogens with one attached hydrogen (secondary N) is 1. The topological polar surface area (TPSA) is 78.9 Å². The Bertz CT molecular complexity index is 636. The van der Waals surface area contributed by atoms with Crippen molar-refractivity contribution in [3.63, 3.8) is 0 Å². The van der Waals surface area contributed by atoms with Crippen molar-refractivity contribution in [1.29, 1.82) is 0 Å². The summed E-state index contributed by atoms with van der Waals surface area (Å²) >= 11 is 0. The number of carbonyl (C=O) groups is 2. The smallest absolute Gasteiger partial charge is 0.411 e. The molecule has 6 nitrogen and oxygen atoms in total. The number of aryl methyl sites for hydroxylation is 2. The van der Waals surface area contributed by atoms with Crippen molar-refractivity contribution >= 4 is 17.7 Å². The predicted molar refractivity (Wildman–Crippen MR) is 91.9 cm³/mol. The van der Waals surface area contributed by atoms with Crippen molar-refractivity contribution in [3.8, 4) is 0 Å². The van der Waals surface area contributed by atoms with E-state index in [1.165, 1.54) is 4.90 Å². The molecule has 1 aromatic rings. The molecule has 0 spiro atoms. The molecule has 2 N–H and O–H groups in total. The van der Waals surface area contributed by atoms with Crippen molar-refractivity contribution in [2.75, 3.05) is 11.9 Å². The molecule has 0 saturated carbocycles. The molecule has 0 radical (unpaired) electrons. The minimum Gasteiger partial charge on any atom is -0.444 e. The zero-order valence-electron chi connectivity index (χ0n) is 14.9. The highest BCUT2D eigenvalue weighted by Gasteiger charge is 2.40. The molecule has 2 atom stereocenters. The van der Waals surface area contributed by atoms with Gasteiger partial charge in [0, 0.05) is 12.1 Å². The Balaban J connectivity index is 2.10.